The number of rotatable bonds is 4. The molecule has 0 aliphatic rings. The molecule has 18 heavy (non-hydrogen) atoms. The molecule has 0 fully saturated rings. The summed E-state index contributed by atoms with van der Waals surface area (Å²) in [5.41, 5.74) is 12.8. The van der Waals surface area contributed by atoms with Crippen LogP contribution in [-0.2, 0) is 4.79 Å². The third kappa shape index (κ3) is 3.23. The van der Waals surface area contributed by atoms with Crippen molar-refractivity contribution >= 4 is 17.5 Å². The van der Waals surface area contributed by atoms with E-state index in [-0.39, 0.29) is 11.8 Å². The first kappa shape index (κ1) is 14.0. The number of nitrogen functional groups attached to an aromatic ring is 1. The fraction of sp³-hybridized carbons (Fsp3) is 0.385. The molecule has 2 amide bonds. The van der Waals surface area contributed by atoms with Crippen LogP contribution in [0.1, 0.15) is 29.8 Å². The van der Waals surface area contributed by atoms with Gasteiger partial charge in [-0.3, -0.25) is 9.59 Å². The minimum atomic E-state index is -0.671. The number of primary amides is 1. The number of aryl methyl sites for hydroxylation is 1. The number of hydrogen-bond donors (Lipinski definition) is 3. The van der Waals surface area contributed by atoms with E-state index < -0.39 is 11.9 Å². The van der Waals surface area contributed by atoms with Crippen LogP contribution in [0.5, 0.6) is 0 Å². The van der Waals surface area contributed by atoms with E-state index in [2.05, 4.69) is 5.32 Å². The second kappa shape index (κ2) is 5.53. The van der Waals surface area contributed by atoms with Crippen molar-refractivity contribution < 1.29 is 9.59 Å². The lowest BCUT2D eigenvalue weighted by Crippen LogP contribution is -2.47. The summed E-state index contributed by atoms with van der Waals surface area (Å²) in [6.07, 6.45) is 0. The molecule has 0 spiro atoms. The van der Waals surface area contributed by atoms with Crippen molar-refractivity contribution in [2.45, 2.75) is 26.8 Å². The van der Waals surface area contributed by atoms with E-state index in [0.29, 0.717) is 11.3 Å². The average molecular weight is 249 g/mol. The molecule has 5 nitrogen and oxygen atoms in total. The largest absolute Gasteiger partial charge is 0.399 e. The van der Waals surface area contributed by atoms with Gasteiger partial charge in [-0.05, 0) is 36.6 Å². The predicted octanol–water partition coefficient (Wildman–Crippen LogP) is 0.817. The highest BCUT2D eigenvalue weighted by atomic mass is 16.2. The molecule has 0 heterocycles. The van der Waals surface area contributed by atoms with Gasteiger partial charge in [-0.15, -0.1) is 0 Å². The van der Waals surface area contributed by atoms with E-state index in [0.717, 1.165) is 5.56 Å². The van der Waals surface area contributed by atoms with Gasteiger partial charge in [0.1, 0.15) is 6.04 Å². The van der Waals surface area contributed by atoms with Crippen molar-refractivity contribution in [1.82, 2.24) is 5.32 Å². The lowest BCUT2D eigenvalue weighted by Gasteiger charge is -2.19. The van der Waals surface area contributed by atoms with Crippen LogP contribution in [0.2, 0.25) is 0 Å². The van der Waals surface area contributed by atoms with E-state index in [1.54, 1.807) is 18.2 Å². The number of amides is 2. The number of nitrogens with one attached hydrogen (secondary N) is 1. The van der Waals surface area contributed by atoms with Gasteiger partial charge in [0.25, 0.3) is 5.91 Å². The Morgan fingerprint density at radius 3 is 2.33 bits per heavy atom. The summed E-state index contributed by atoms with van der Waals surface area (Å²) < 4.78 is 0. The van der Waals surface area contributed by atoms with E-state index in [1.165, 1.54) is 0 Å². The summed E-state index contributed by atoms with van der Waals surface area (Å²) in [6.45, 7) is 5.47. The molecule has 0 aliphatic carbocycles. The maximum atomic E-state index is 12.0. The maximum Gasteiger partial charge on any atom is 0.251 e. The molecule has 0 saturated heterocycles. The molecular formula is C13H19N3O2. The molecule has 1 aromatic rings. The Balaban J connectivity index is 2.87. The van der Waals surface area contributed by atoms with Crippen LogP contribution in [-0.4, -0.2) is 17.9 Å². The Labute approximate surface area is 107 Å². The quantitative estimate of drug-likeness (QED) is 0.689. The van der Waals surface area contributed by atoms with Gasteiger partial charge in [0.2, 0.25) is 5.91 Å². The first-order valence-electron chi connectivity index (χ1n) is 5.79. The van der Waals surface area contributed by atoms with Gasteiger partial charge in [0, 0.05) is 11.3 Å². The van der Waals surface area contributed by atoms with Gasteiger partial charge in [-0.25, -0.2) is 0 Å². The van der Waals surface area contributed by atoms with Gasteiger partial charge >= 0.3 is 0 Å². The number of nitrogens with two attached hydrogens (primary N) is 2. The number of carbonyl (C=O) groups is 2. The van der Waals surface area contributed by atoms with Crippen LogP contribution >= 0.6 is 0 Å². The number of benzene rings is 1. The summed E-state index contributed by atoms with van der Waals surface area (Å²) in [5, 5.41) is 2.62. The first-order valence-corrected chi connectivity index (χ1v) is 5.79. The first-order chi connectivity index (χ1) is 8.32. The Morgan fingerprint density at radius 1 is 1.28 bits per heavy atom. The van der Waals surface area contributed by atoms with Crippen molar-refractivity contribution in [2.75, 3.05) is 5.73 Å². The van der Waals surface area contributed by atoms with Crippen LogP contribution in [0.25, 0.3) is 0 Å². The molecule has 0 saturated carbocycles. The van der Waals surface area contributed by atoms with Crippen molar-refractivity contribution in [2.24, 2.45) is 11.7 Å². The second-order valence-corrected chi connectivity index (χ2v) is 4.67. The summed E-state index contributed by atoms with van der Waals surface area (Å²) in [6, 6.07) is 4.30. The standard InChI is InChI=1S/C13H19N3O2/c1-7(2)11(12(15)17)16-13(18)9-4-5-10(14)8(3)6-9/h4-7,11H,14H2,1-3H3,(H2,15,17)(H,16,18). The van der Waals surface area contributed by atoms with Crippen molar-refractivity contribution in [3.05, 3.63) is 29.3 Å². The molecule has 1 unspecified atom stereocenters. The summed E-state index contributed by atoms with van der Waals surface area (Å²) >= 11 is 0. The third-order valence-electron chi connectivity index (χ3n) is 2.79. The minimum Gasteiger partial charge on any atom is -0.399 e. The van der Waals surface area contributed by atoms with E-state index in [9.17, 15) is 9.59 Å². The topological polar surface area (TPSA) is 98.2 Å². The molecule has 0 aromatic heterocycles. The van der Waals surface area contributed by atoms with Crippen molar-refractivity contribution in [3.63, 3.8) is 0 Å². The number of anilines is 1. The molecule has 98 valence electrons. The Kier molecular flexibility index (Phi) is 4.31. The van der Waals surface area contributed by atoms with E-state index in [4.69, 9.17) is 11.5 Å². The molecule has 5 N–H and O–H groups in total. The predicted molar refractivity (Wildman–Crippen MR) is 70.9 cm³/mol. The highest BCUT2D eigenvalue weighted by molar-refractivity contribution is 5.97. The highest BCUT2D eigenvalue weighted by Crippen LogP contribution is 2.13. The second-order valence-electron chi connectivity index (χ2n) is 4.67. The number of hydrogen-bond acceptors (Lipinski definition) is 3. The Hall–Kier alpha value is -2.04. The Morgan fingerprint density at radius 2 is 1.89 bits per heavy atom. The molecule has 0 bridgehead atoms. The van der Waals surface area contributed by atoms with E-state index in [1.807, 2.05) is 20.8 Å². The van der Waals surface area contributed by atoms with Crippen LogP contribution < -0.4 is 16.8 Å². The number of carbonyl (C=O) groups excluding carboxylic acids is 2. The highest BCUT2D eigenvalue weighted by Gasteiger charge is 2.22. The van der Waals surface area contributed by atoms with Crippen molar-refractivity contribution in [1.29, 1.82) is 0 Å². The lowest BCUT2D eigenvalue weighted by atomic mass is 10.0. The fourth-order valence-corrected chi connectivity index (χ4v) is 1.61. The smallest absolute Gasteiger partial charge is 0.251 e. The van der Waals surface area contributed by atoms with Gasteiger partial charge in [-0.1, -0.05) is 13.8 Å². The van der Waals surface area contributed by atoms with Gasteiger partial charge in [-0.2, -0.15) is 0 Å². The van der Waals surface area contributed by atoms with Crippen molar-refractivity contribution in [3.8, 4) is 0 Å². The minimum absolute atomic E-state index is 0.0543. The van der Waals surface area contributed by atoms with E-state index >= 15 is 0 Å². The molecule has 1 aromatic carbocycles. The molecule has 1 rings (SSSR count). The van der Waals surface area contributed by atoms with Crippen LogP contribution in [0.3, 0.4) is 0 Å². The maximum absolute atomic E-state index is 12.0. The Bertz CT molecular complexity index is 469. The van der Waals surface area contributed by atoms with Crippen LogP contribution in [0.4, 0.5) is 5.69 Å². The lowest BCUT2D eigenvalue weighted by molar-refractivity contribution is -0.120. The monoisotopic (exact) mass is 249 g/mol. The zero-order chi connectivity index (χ0) is 13.9. The fourth-order valence-electron chi connectivity index (χ4n) is 1.61. The zero-order valence-electron chi connectivity index (χ0n) is 10.9. The average Bonchev–Trinajstić information content (AvgIpc) is 2.28. The molecule has 0 aliphatic heterocycles. The SMILES string of the molecule is Cc1cc(C(=O)NC(C(N)=O)C(C)C)ccc1N. The van der Waals surface area contributed by atoms with Gasteiger partial charge in [0.15, 0.2) is 0 Å². The molecule has 0 radical (unpaired) electrons. The molecule has 5 heteroatoms. The summed E-state index contributed by atoms with van der Waals surface area (Å²) in [7, 11) is 0. The van der Waals surface area contributed by atoms with Crippen LogP contribution in [0.15, 0.2) is 18.2 Å². The third-order valence-corrected chi connectivity index (χ3v) is 2.79. The normalized spacial score (nSPS) is 12.2. The van der Waals surface area contributed by atoms with Gasteiger partial charge in [0.05, 0.1) is 0 Å². The van der Waals surface area contributed by atoms with Crippen LogP contribution in [0, 0.1) is 12.8 Å². The molecule has 1 atom stereocenters. The summed E-state index contributed by atoms with van der Waals surface area (Å²) in [5.74, 6) is -0.914. The summed E-state index contributed by atoms with van der Waals surface area (Å²) in [4.78, 5) is 23.2. The zero-order valence-corrected chi connectivity index (χ0v) is 10.9. The molecular weight excluding hydrogens is 230 g/mol. The van der Waals surface area contributed by atoms with Gasteiger partial charge < -0.3 is 16.8 Å².